The minimum Gasteiger partial charge on any atom is -0.464 e. The second-order valence-electron chi connectivity index (χ2n) is 4.40. The zero-order valence-electron chi connectivity index (χ0n) is 11.9. The van der Waals surface area contributed by atoms with E-state index in [1.54, 1.807) is 25.2 Å². The zero-order valence-corrected chi connectivity index (χ0v) is 11.9. The highest BCUT2D eigenvalue weighted by atomic mass is 16.5. The molecule has 0 aliphatic rings. The predicted molar refractivity (Wildman–Crippen MR) is 79.3 cm³/mol. The summed E-state index contributed by atoms with van der Waals surface area (Å²) in [6.07, 6.45) is 0. The van der Waals surface area contributed by atoms with Gasteiger partial charge in [-0.15, -0.1) is 0 Å². The highest BCUT2D eigenvalue weighted by Gasteiger charge is 2.08. The Morgan fingerprint density at radius 2 is 2.05 bits per heavy atom. The number of aromatic nitrogens is 1. The normalized spacial score (nSPS) is 10.0. The van der Waals surface area contributed by atoms with Crippen molar-refractivity contribution in [2.24, 2.45) is 0 Å². The van der Waals surface area contributed by atoms with Crippen molar-refractivity contribution in [3.05, 3.63) is 53.3 Å². The first-order valence-electron chi connectivity index (χ1n) is 6.46. The average molecular weight is 287 g/mol. The molecule has 1 heterocycles. The summed E-state index contributed by atoms with van der Waals surface area (Å²) in [6, 6.07) is 10.7. The maximum absolute atomic E-state index is 11.6. The maximum Gasteiger partial charge on any atom is 0.354 e. The maximum atomic E-state index is 11.6. The van der Waals surface area contributed by atoms with Crippen molar-refractivity contribution in [2.45, 2.75) is 6.54 Å². The van der Waals surface area contributed by atoms with Crippen LogP contribution in [0.4, 0.5) is 5.69 Å². The van der Waals surface area contributed by atoms with Crippen LogP contribution in [0.1, 0.15) is 26.5 Å². The minimum atomic E-state index is -0.400. The van der Waals surface area contributed by atoms with Crippen LogP contribution in [0.15, 0.2) is 36.4 Å². The molecule has 3 N–H and O–H groups in total. The predicted octanol–water partition coefficient (Wildman–Crippen LogP) is 1.77. The Hall–Kier alpha value is -2.76. The summed E-state index contributed by atoms with van der Waals surface area (Å²) < 4.78 is 4.63. The Morgan fingerprint density at radius 3 is 2.76 bits per heavy atom. The molecule has 1 aromatic carbocycles. The monoisotopic (exact) mass is 287 g/mol. The summed E-state index contributed by atoms with van der Waals surface area (Å²) in [4.78, 5) is 25.9. The first-order valence-corrected chi connectivity index (χ1v) is 6.46. The quantitative estimate of drug-likeness (QED) is 0.732. The lowest BCUT2D eigenvalue weighted by Crippen LogP contribution is -2.17. The number of hydrogen-bond donors (Lipinski definition) is 3. The minimum absolute atomic E-state index is 0.133. The van der Waals surface area contributed by atoms with E-state index >= 15 is 0 Å². The Bertz CT molecular complexity index is 649. The third-order valence-electron chi connectivity index (χ3n) is 2.99. The molecule has 0 unspecified atom stereocenters. The van der Waals surface area contributed by atoms with Gasteiger partial charge in [0, 0.05) is 24.0 Å². The third kappa shape index (κ3) is 3.62. The van der Waals surface area contributed by atoms with Gasteiger partial charge in [0.25, 0.3) is 5.91 Å². The Balaban J connectivity index is 2.01. The van der Waals surface area contributed by atoms with Crippen molar-refractivity contribution >= 4 is 17.6 Å². The van der Waals surface area contributed by atoms with Gasteiger partial charge in [-0.1, -0.05) is 6.07 Å². The smallest absolute Gasteiger partial charge is 0.354 e. The van der Waals surface area contributed by atoms with E-state index in [0.29, 0.717) is 17.8 Å². The van der Waals surface area contributed by atoms with Crippen LogP contribution in [0.25, 0.3) is 0 Å². The lowest BCUT2D eigenvalue weighted by Gasteiger charge is -2.07. The number of anilines is 1. The second-order valence-corrected chi connectivity index (χ2v) is 4.40. The topological polar surface area (TPSA) is 83.2 Å². The van der Waals surface area contributed by atoms with E-state index < -0.39 is 5.97 Å². The van der Waals surface area contributed by atoms with Crippen LogP contribution in [0.2, 0.25) is 0 Å². The van der Waals surface area contributed by atoms with Crippen LogP contribution in [0, 0.1) is 0 Å². The molecule has 0 aliphatic carbocycles. The van der Waals surface area contributed by atoms with Gasteiger partial charge in [-0.05, 0) is 30.3 Å². The molecule has 6 nitrogen and oxygen atoms in total. The zero-order chi connectivity index (χ0) is 15.2. The van der Waals surface area contributed by atoms with Crippen LogP contribution in [-0.4, -0.2) is 31.0 Å². The van der Waals surface area contributed by atoms with Crippen molar-refractivity contribution in [2.75, 3.05) is 19.5 Å². The number of H-pyrrole nitrogens is 1. The van der Waals surface area contributed by atoms with Crippen LogP contribution < -0.4 is 10.6 Å². The molecule has 0 fully saturated rings. The van der Waals surface area contributed by atoms with Crippen molar-refractivity contribution in [1.82, 2.24) is 10.3 Å². The number of ether oxygens (including phenoxy) is 1. The van der Waals surface area contributed by atoms with Gasteiger partial charge in [0.1, 0.15) is 5.69 Å². The summed E-state index contributed by atoms with van der Waals surface area (Å²) in [7, 11) is 2.93. The number of benzene rings is 1. The molecule has 1 amide bonds. The first kappa shape index (κ1) is 14.6. The van der Waals surface area contributed by atoms with E-state index in [0.717, 1.165) is 11.4 Å². The van der Waals surface area contributed by atoms with Gasteiger partial charge < -0.3 is 20.4 Å². The van der Waals surface area contributed by atoms with Crippen LogP contribution in [-0.2, 0) is 11.3 Å². The molecule has 0 saturated carbocycles. The fraction of sp³-hybridized carbons (Fsp3) is 0.200. The summed E-state index contributed by atoms with van der Waals surface area (Å²) in [5.74, 6) is -0.533. The van der Waals surface area contributed by atoms with E-state index in [4.69, 9.17) is 0 Å². The number of methoxy groups -OCH3 is 1. The molecular weight excluding hydrogens is 270 g/mol. The Morgan fingerprint density at radius 1 is 1.24 bits per heavy atom. The largest absolute Gasteiger partial charge is 0.464 e. The fourth-order valence-electron chi connectivity index (χ4n) is 1.88. The van der Waals surface area contributed by atoms with Gasteiger partial charge in [0.15, 0.2) is 0 Å². The van der Waals surface area contributed by atoms with Gasteiger partial charge in [0.2, 0.25) is 0 Å². The van der Waals surface area contributed by atoms with E-state index in [2.05, 4.69) is 20.4 Å². The summed E-state index contributed by atoms with van der Waals surface area (Å²) >= 11 is 0. The Labute approximate surface area is 122 Å². The average Bonchev–Trinajstić information content (AvgIpc) is 3.00. The highest BCUT2D eigenvalue weighted by Crippen LogP contribution is 2.12. The van der Waals surface area contributed by atoms with E-state index in [1.807, 2.05) is 18.2 Å². The number of carbonyl (C=O) groups is 2. The van der Waals surface area contributed by atoms with Crippen molar-refractivity contribution in [3.8, 4) is 0 Å². The van der Waals surface area contributed by atoms with Crippen molar-refractivity contribution in [3.63, 3.8) is 0 Å². The van der Waals surface area contributed by atoms with E-state index in [1.165, 1.54) is 7.11 Å². The van der Waals surface area contributed by atoms with Crippen LogP contribution >= 0.6 is 0 Å². The molecule has 0 bridgehead atoms. The molecule has 0 radical (unpaired) electrons. The van der Waals surface area contributed by atoms with Gasteiger partial charge in [-0.3, -0.25) is 4.79 Å². The molecular formula is C15H17N3O3. The molecule has 0 saturated heterocycles. The molecule has 1 aromatic heterocycles. The third-order valence-corrected chi connectivity index (χ3v) is 2.99. The van der Waals surface area contributed by atoms with Gasteiger partial charge >= 0.3 is 5.97 Å². The molecule has 0 spiro atoms. The van der Waals surface area contributed by atoms with Gasteiger partial charge in [0.05, 0.1) is 13.7 Å². The van der Waals surface area contributed by atoms with Crippen molar-refractivity contribution in [1.29, 1.82) is 0 Å². The summed E-state index contributed by atoms with van der Waals surface area (Å²) in [5, 5.41) is 5.77. The lowest BCUT2D eigenvalue weighted by atomic mass is 10.2. The molecule has 6 heteroatoms. The first-order chi connectivity index (χ1) is 10.1. The Kier molecular flexibility index (Phi) is 4.61. The van der Waals surface area contributed by atoms with E-state index in [-0.39, 0.29) is 5.91 Å². The van der Waals surface area contributed by atoms with E-state index in [9.17, 15) is 9.59 Å². The van der Waals surface area contributed by atoms with Gasteiger partial charge in [-0.2, -0.15) is 0 Å². The van der Waals surface area contributed by atoms with Crippen LogP contribution in [0.5, 0.6) is 0 Å². The van der Waals surface area contributed by atoms with Gasteiger partial charge in [-0.25, -0.2) is 4.79 Å². The number of nitrogens with one attached hydrogen (secondary N) is 3. The SMILES string of the molecule is CNC(=O)c1cccc(NCc2ccc(C(=O)OC)[nH]2)c1. The highest BCUT2D eigenvalue weighted by molar-refractivity contribution is 5.94. The molecule has 0 aliphatic heterocycles. The number of hydrogen-bond acceptors (Lipinski definition) is 4. The molecule has 0 atom stereocenters. The number of carbonyl (C=O) groups excluding carboxylic acids is 2. The lowest BCUT2D eigenvalue weighted by molar-refractivity contribution is 0.0594. The number of esters is 1. The standard InChI is InChI=1S/C15H17N3O3/c1-16-14(19)10-4-3-5-11(8-10)17-9-12-6-7-13(18-12)15(20)21-2/h3-8,17-18H,9H2,1-2H3,(H,16,19). The number of rotatable bonds is 5. The van der Waals surface area contributed by atoms with Crippen LogP contribution in [0.3, 0.4) is 0 Å². The number of aromatic amines is 1. The summed E-state index contributed by atoms with van der Waals surface area (Å²) in [5.41, 5.74) is 2.67. The molecule has 110 valence electrons. The molecule has 2 aromatic rings. The molecule has 2 rings (SSSR count). The summed E-state index contributed by atoms with van der Waals surface area (Å²) in [6.45, 7) is 0.508. The second kappa shape index (κ2) is 6.60. The van der Waals surface area contributed by atoms with Crippen molar-refractivity contribution < 1.29 is 14.3 Å². The fourth-order valence-corrected chi connectivity index (χ4v) is 1.88. The molecule has 21 heavy (non-hydrogen) atoms. The number of amides is 1.